The van der Waals surface area contributed by atoms with Crippen LogP contribution >= 0.6 is 11.6 Å². The number of rotatable bonds is 2. The first-order chi connectivity index (χ1) is 11.0. The first-order valence-corrected chi connectivity index (χ1v) is 8.15. The molecule has 6 heteroatoms. The molecule has 1 saturated heterocycles. The zero-order valence-corrected chi connectivity index (χ0v) is 14.5. The van der Waals surface area contributed by atoms with E-state index < -0.39 is 0 Å². The topological polar surface area (TPSA) is 41.4 Å². The number of nitrogens with zero attached hydrogens (tertiary/aromatic N) is 4. The molecule has 1 aromatic heterocycles. The first kappa shape index (κ1) is 16.0. The van der Waals surface area contributed by atoms with Gasteiger partial charge in [0.15, 0.2) is 0 Å². The molecule has 0 spiro atoms. The van der Waals surface area contributed by atoms with Crippen LogP contribution in [0.2, 0.25) is 5.02 Å². The normalized spacial score (nSPS) is 15.9. The summed E-state index contributed by atoms with van der Waals surface area (Å²) in [5, 5.41) is 5.12. The van der Waals surface area contributed by atoms with Crippen LogP contribution < -0.4 is 0 Å². The quantitative estimate of drug-likeness (QED) is 0.848. The fourth-order valence-corrected chi connectivity index (χ4v) is 2.93. The average Bonchev–Trinajstić information content (AvgIpc) is 2.83. The van der Waals surface area contributed by atoms with Crippen LogP contribution in [-0.4, -0.2) is 58.7 Å². The summed E-state index contributed by atoms with van der Waals surface area (Å²) in [6.45, 7) is 7.24. The summed E-state index contributed by atoms with van der Waals surface area (Å²) >= 11 is 6.20. The molecular weight excluding hydrogens is 312 g/mol. The number of piperazine rings is 1. The molecule has 122 valence electrons. The maximum Gasteiger partial charge on any atom is 0.253 e. The van der Waals surface area contributed by atoms with Crippen LogP contribution in [0.4, 0.5) is 0 Å². The molecule has 23 heavy (non-hydrogen) atoms. The van der Waals surface area contributed by atoms with Crippen molar-refractivity contribution in [1.82, 2.24) is 19.6 Å². The van der Waals surface area contributed by atoms with Crippen LogP contribution in [0, 0.1) is 13.8 Å². The molecule has 0 unspecified atom stereocenters. The first-order valence-electron chi connectivity index (χ1n) is 7.77. The number of amides is 1. The molecule has 0 bridgehead atoms. The fourth-order valence-electron chi connectivity index (χ4n) is 2.81. The van der Waals surface area contributed by atoms with Crippen molar-refractivity contribution < 1.29 is 4.79 Å². The summed E-state index contributed by atoms with van der Waals surface area (Å²) in [5.41, 5.74) is 3.34. The number of benzene rings is 1. The maximum absolute atomic E-state index is 12.5. The number of carbonyl (C=O) groups is 1. The summed E-state index contributed by atoms with van der Waals surface area (Å²) in [6, 6.07) is 7.55. The fraction of sp³-hybridized carbons (Fsp3) is 0.412. The Morgan fingerprint density at radius 1 is 1.09 bits per heavy atom. The van der Waals surface area contributed by atoms with E-state index in [0.29, 0.717) is 10.6 Å². The maximum atomic E-state index is 12.5. The van der Waals surface area contributed by atoms with Crippen molar-refractivity contribution in [3.8, 4) is 5.69 Å². The predicted molar refractivity (Wildman–Crippen MR) is 91.4 cm³/mol. The summed E-state index contributed by atoms with van der Waals surface area (Å²) in [6.07, 6.45) is 0. The van der Waals surface area contributed by atoms with E-state index in [2.05, 4.69) is 17.0 Å². The number of halogens is 1. The molecule has 1 aliphatic rings. The highest BCUT2D eigenvalue weighted by molar-refractivity contribution is 6.31. The van der Waals surface area contributed by atoms with E-state index in [1.54, 1.807) is 0 Å². The molecule has 0 aliphatic carbocycles. The van der Waals surface area contributed by atoms with Crippen molar-refractivity contribution in [1.29, 1.82) is 0 Å². The summed E-state index contributed by atoms with van der Waals surface area (Å²) < 4.78 is 1.81. The van der Waals surface area contributed by atoms with Crippen molar-refractivity contribution in [3.05, 3.63) is 46.2 Å². The van der Waals surface area contributed by atoms with Crippen LogP contribution in [0.5, 0.6) is 0 Å². The van der Waals surface area contributed by atoms with Gasteiger partial charge in [-0.05, 0) is 45.2 Å². The van der Waals surface area contributed by atoms with Gasteiger partial charge in [-0.1, -0.05) is 11.6 Å². The van der Waals surface area contributed by atoms with Crippen LogP contribution in [0.25, 0.3) is 5.69 Å². The third-order valence-electron chi connectivity index (χ3n) is 4.35. The highest BCUT2D eigenvalue weighted by Gasteiger charge is 2.20. The minimum atomic E-state index is 0.0936. The Hall–Kier alpha value is -1.85. The van der Waals surface area contributed by atoms with Gasteiger partial charge in [0.05, 0.1) is 22.1 Å². The van der Waals surface area contributed by atoms with Gasteiger partial charge < -0.3 is 9.80 Å². The molecule has 3 rings (SSSR count). The third kappa shape index (κ3) is 3.12. The van der Waals surface area contributed by atoms with Gasteiger partial charge >= 0.3 is 0 Å². The van der Waals surface area contributed by atoms with E-state index in [1.165, 1.54) is 0 Å². The van der Waals surface area contributed by atoms with Gasteiger partial charge in [0.2, 0.25) is 0 Å². The lowest BCUT2D eigenvalue weighted by Gasteiger charge is -2.32. The molecule has 0 radical (unpaired) electrons. The zero-order chi connectivity index (χ0) is 16.6. The van der Waals surface area contributed by atoms with E-state index in [9.17, 15) is 4.79 Å². The van der Waals surface area contributed by atoms with Crippen LogP contribution in [0.15, 0.2) is 24.3 Å². The Labute approximate surface area is 141 Å². The van der Waals surface area contributed by atoms with Gasteiger partial charge in [-0.3, -0.25) is 4.79 Å². The van der Waals surface area contributed by atoms with Crippen LogP contribution in [0.1, 0.15) is 21.7 Å². The van der Waals surface area contributed by atoms with Crippen molar-refractivity contribution in [2.75, 3.05) is 33.2 Å². The lowest BCUT2D eigenvalue weighted by molar-refractivity contribution is 0.0664. The van der Waals surface area contributed by atoms with Crippen molar-refractivity contribution in [2.24, 2.45) is 0 Å². The molecule has 2 aromatic rings. The minimum Gasteiger partial charge on any atom is -0.336 e. The number of likely N-dealkylation sites (N-methyl/N-ethyl adjacent to an activating group) is 1. The monoisotopic (exact) mass is 332 g/mol. The van der Waals surface area contributed by atoms with Gasteiger partial charge in [-0.2, -0.15) is 5.10 Å². The molecule has 1 aromatic carbocycles. The number of aromatic nitrogens is 2. The lowest BCUT2D eigenvalue weighted by Crippen LogP contribution is -2.47. The largest absolute Gasteiger partial charge is 0.336 e. The molecule has 0 saturated carbocycles. The molecule has 5 nitrogen and oxygen atoms in total. The Bertz CT molecular complexity index is 715. The predicted octanol–water partition coefficient (Wildman–Crippen LogP) is 2.53. The number of aryl methyl sites for hydroxylation is 1. The van der Waals surface area contributed by atoms with Gasteiger partial charge in [0.1, 0.15) is 0 Å². The van der Waals surface area contributed by atoms with E-state index in [4.69, 9.17) is 11.6 Å². The molecule has 1 aliphatic heterocycles. The van der Waals surface area contributed by atoms with E-state index >= 15 is 0 Å². The van der Waals surface area contributed by atoms with E-state index in [0.717, 1.165) is 43.3 Å². The highest BCUT2D eigenvalue weighted by Crippen LogP contribution is 2.22. The highest BCUT2D eigenvalue weighted by atomic mass is 35.5. The molecular formula is C17H21ClN4O. The number of carbonyl (C=O) groups excluding carboxylic acids is 1. The Morgan fingerprint density at radius 2 is 1.70 bits per heavy atom. The second kappa shape index (κ2) is 6.34. The van der Waals surface area contributed by atoms with Crippen molar-refractivity contribution in [2.45, 2.75) is 13.8 Å². The SMILES string of the molecule is Cc1nn(-c2ccc(C(=O)N3CCN(C)CC3)cc2)c(C)c1Cl. The van der Waals surface area contributed by atoms with Gasteiger partial charge in [0.25, 0.3) is 5.91 Å². The van der Waals surface area contributed by atoms with Gasteiger partial charge in [-0.15, -0.1) is 0 Å². The van der Waals surface area contributed by atoms with Crippen molar-refractivity contribution >= 4 is 17.5 Å². The molecule has 0 N–H and O–H groups in total. The minimum absolute atomic E-state index is 0.0936. The zero-order valence-electron chi connectivity index (χ0n) is 13.7. The molecule has 0 atom stereocenters. The third-order valence-corrected chi connectivity index (χ3v) is 4.90. The Morgan fingerprint density at radius 3 is 2.22 bits per heavy atom. The number of hydrogen-bond donors (Lipinski definition) is 0. The van der Waals surface area contributed by atoms with Crippen LogP contribution in [-0.2, 0) is 0 Å². The van der Waals surface area contributed by atoms with Gasteiger partial charge in [-0.25, -0.2) is 4.68 Å². The molecule has 1 amide bonds. The van der Waals surface area contributed by atoms with Gasteiger partial charge in [0, 0.05) is 31.7 Å². The second-order valence-corrected chi connectivity index (χ2v) is 6.42. The number of hydrogen-bond acceptors (Lipinski definition) is 3. The molecule has 1 fully saturated rings. The summed E-state index contributed by atoms with van der Waals surface area (Å²) in [4.78, 5) is 16.7. The lowest BCUT2D eigenvalue weighted by atomic mass is 10.1. The summed E-state index contributed by atoms with van der Waals surface area (Å²) in [5.74, 6) is 0.0936. The standard InChI is InChI=1S/C17H21ClN4O/c1-12-16(18)13(2)22(19-12)15-6-4-14(5-7-15)17(23)21-10-8-20(3)9-11-21/h4-7H,8-11H2,1-3H3. The summed E-state index contributed by atoms with van der Waals surface area (Å²) in [7, 11) is 2.08. The molecule has 2 heterocycles. The average molecular weight is 333 g/mol. The Kier molecular flexibility index (Phi) is 4.41. The second-order valence-electron chi connectivity index (χ2n) is 6.04. The Balaban J connectivity index is 1.79. The smallest absolute Gasteiger partial charge is 0.253 e. The van der Waals surface area contributed by atoms with Crippen molar-refractivity contribution in [3.63, 3.8) is 0 Å². The van der Waals surface area contributed by atoms with E-state index in [1.807, 2.05) is 47.7 Å². The van der Waals surface area contributed by atoms with E-state index in [-0.39, 0.29) is 5.91 Å². The van der Waals surface area contributed by atoms with Crippen LogP contribution in [0.3, 0.4) is 0 Å².